The molecule has 1 saturated heterocycles. The van der Waals surface area contributed by atoms with Gasteiger partial charge >= 0.3 is 6.18 Å². The highest BCUT2D eigenvalue weighted by Gasteiger charge is 2.31. The van der Waals surface area contributed by atoms with E-state index in [0.29, 0.717) is 42.1 Å². The Morgan fingerprint density at radius 1 is 1.17 bits per heavy atom. The molecule has 1 aliphatic heterocycles. The lowest BCUT2D eigenvalue weighted by atomic mass is 9.96. The van der Waals surface area contributed by atoms with Crippen molar-refractivity contribution in [1.29, 1.82) is 5.26 Å². The molecule has 1 aliphatic rings. The number of fused-ring (bicyclic) bond motifs is 1. The van der Waals surface area contributed by atoms with Gasteiger partial charge in [0.2, 0.25) is 12.3 Å². The molecule has 3 heterocycles. The third-order valence-electron chi connectivity index (χ3n) is 7.59. The number of carbonyl (C=O) groups is 1. The fraction of sp³-hybridized carbons (Fsp3) is 0.375. The number of rotatable bonds is 7. The first-order valence-corrected chi connectivity index (χ1v) is 14.0. The first-order valence-electron chi connectivity index (χ1n) is 14.0. The van der Waals surface area contributed by atoms with Crippen molar-refractivity contribution in [3.05, 3.63) is 77.0 Å². The van der Waals surface area contributed by atoms with E-state index in [9.17, 15) is 23.2 Å². The number of piperidine rings is 1. The number of nitrogens with one attached hydrogen (secondary N) is 1. The van der Waals surface area contributed by atoms with Crippen molar-refractivity contribution < 1.29 is 22.4 Å². The summed E-state index contributed by atoms with van der Waals surface area (Å²) in [5, 5.41) is 11.9. The zero-order chi connectivity index (χ0) is 30.3. The third kappa shape index (κ3) is 7.46. The molecule has 220 valence electrons. The summed E-state index contributed by atoms with van der Waals surface area (Å²) in [6.45, 7) is 8.46. The summed E-state index contributed by atoms with van der Waals surface area (Å²) in [5.74, 6) is 1.93. The Balaban J connectivity index is 0.000000194. The molecule has 1 amide bonds. The van der Waals surface area contributed by atoms with E-state index >= 15 is 0 Å². The Hall–Kier alpha value is -4.39. The first-order chi connectivity index (χ1) is 20.1. The minimum absolute atomic E-state index is 0.328. The molecule has 2 aromatic carbocycles. The number of halogens is 3. The summed E-state index contributed by atoms with van der Waals surface area (Å²) in [4.78, 5) is 20.7. The normalized spacial score (nSPS) is 14.5. The standard InChI is InChI=1S/C19H18N2O.C13H16F3N3O/c1-4-13(3)16-9-14(11-20)10-17-18(16)22-19(21-17)15-7-5-12(2)6-8-15;14-13(15,16)11-1-2-12(18-8-11)19-5-3-10(4-6-19)7-17-9-20/h5-10,13H,4H2,1-3H3;1-2,8-10H,3-7H2,(H,17,20). The van der Waals surface area contributed by atoms with Gasteiger partial charge in [-0.3, -0.25) is 4.79 Å². The average molecular weight is 578 g/mol. The van der Waals surface area contributed by atoms with E-state index in [-0.39, 0.29) is 0 Å². The molecule has 2 aromatic heterocycles. The van der Waals surface area contributed by atoms with Crippen LogP contribution in [0.4, 0.5) is 19.0 Å². The van der Waals surface area contributed by atoms with Crippen molar-refractivity contribution in [3.8, 4) is 17.5 Å². The summed E-state index contributed by atoms with van der Waals surface area (Å²) in [7, 11) is 0. The zero-order valence-corrected chi connectivity index (χ0v) is 23.9. The number of pyridine rings is 1. The Morgan fingerprint density at radius 3 is 2.45 bits per heavy atom. The van der Waals surface area contributed by atoms with Crippen LogP contribution in [0.3, 0.4) is 0 Å². The van der Waals surface area contributed by atoms with Crippen LogP contribution < -0.4 is 10.2 Å². The third-order valence-corrected chi connectivity index (χ3v) is 7.59. The molecular weight excluding hydrogens is 543 g/mol. The maximum atomic E-state index is 12.4. The molecule has 0 aliphatic carbocycles. The number of anilines is 1. The van der Waals surface area contributed by atoms with Gasteiger partial charge in [-0.1, -0.05) is 31.5 Å². The Bertz CT molecular complexity index is 1520. The number of alkyl halides is 3. The first kappa shape index (κ1) is 30.6. The summed E-state index contributed by atoms with van der Waals surface area (Å²) in [6, 6.07) is 16.5. The highest BCUT2D eigenvalue weighted by Crippen LogP contribution is 2.33. The number of oxazole rings is 1. The molecule has 0 spiro atoms. The summed E-state index contributed by atoms with van der Waals surface area (Å²) < 4.78 is 43.4. The van der Waals surface area contributed by atoms with E-state index in [1.165, 1.54) is 11.6 Å². The second-order valence-electron chi connectivity index (χ2n) is 10.6. The van der Waals surface area contributed by atoms with Crippen LogP contribution in [0, 0.1) is 24.2 Å². The van der Waals surface area contributed by atoms with Gasteiger partial charge in [-0.15, -0.1) is 0 Å². The number of benzene rings is 2. The van der Waals surface area contributed by atoms with Crippen molar-refractivity contribution in [2.75, 3.05) is 24.5 Å². The van der Waals surface area contributed by atoms with Crippen LogP contribution in [-0.4, -0.2) is 36.0 Å². The molecule has 0 bridgehead atoms. The van der Waals surface area contributed by atoms with Gasteiger partial charge in [-0.25, -0.2) is 9.97 Å². The van der Waals surface area contributed by atoms with Crippen LogP contribution >= 0.6 is 0 Å². The second kappa shape index (κ2) is 13.5. The quantitative estimate of drug-likeness (QED) is 0.233. The van der Waals surface area contributed by atoms with Crippen LogP contribution in [0.1, 0.15) is 61.3 Å². The topological polar surface area (TPSA) is 95.0 Å². The zero-order valence-electron chi connectivity index (χ0n) is 23.9. The predicted octanol–water partition coefficient (Wildman–Crippen LogP) is 7.25. The highest BCUT2D eigenvalue weighted by molar-refractivity contribution is 5.81. The summed E-state index contributed by atoms with van der Waals surface area (Å²) in [6.07, 6.45) is -0.0180. The van der Waals surface area contributed by atoms with Gasteiger partial charge in [0.05, 0.1) is 17.2 Å². The maximum Gasteiger partial charge on any atom is 0.417 e. The Morgan fingerprint density at radius 2 is 1.88 bits per heavy atom. The fourth-order valence-electron chi connectivity index (χ4n) is 4.85. The molecule has 7 nitrogen and oxygen atoms in total. The van der Waals surface area contributed by atoms with Gasteiger partial charge in [0.15, 0.2) is 5.58 Å². The van der Waals surface area contributed by atoms with Crippen LogP contribution in [0.2, 0.25) is 0 Å². The molecule has 1 atom stereocenters. The lowest BCUT2D eigenvalue weighted by Crippen LogP contribution is -2.37. The van der Waals surface area contributed by atoms with Crippen LogP contribution in [0.25, 0.3) is 22.6 Å². The fourth-order valence-corrected chi connectivity index (χ4v) is 4.85. The lowest BCUT2D eigenvalue weighted by molar-refractivity contribution is -0.137. The van der Waals surface area contributed by atoms with Gasteiger partial charge in [-0.05, 0) is 74.4 Å². The number of amides is 1. The highest BCUT2D eigenvalue weighted by atomic mass is 19.4. The molecular formula is C32H34F3N5O2. The molecule has 10 heteroatoms. The molecule has 0 radical (unpaired) electrons. The summed E-state index contributed by atoms with van der Waals surface area (Å²) in [5.41, 5.74) is 4.66. The smallest absolute Gasteiger partial charge is 0.417 e. The van der Waals surface area contributed by atoms with Gasteiger partial charge in [0.25, 0.3) is 0 Å². The largest absolute Gasteiger partial charge is 0.436 e. The van der Waals surface area contributed by atoms with Crippen molar-refractivity contribution in [3.63, 3.8) is 0 Å². The number of aryl methyl sites for hydroxylation is 1. The minimum atomic E-state index is -4.35. The number of nitriles is 1. The summed E-state index contributed by atoms with van der Waals surface area (Å²) >= 11 is 0. The number of hydrogen-bond donors (Lipinski definition) is 1. The second-order valence-corrected chi connectivity index (χ2v) is 10.6. The predicted molar refractivity (Wildman–Crippen MR) is 156 cm³/mol. The molecule has 1 fully saturated rings. The van der Waals surface area contributed by atoms with E-state index < -0.39 is 11.7 Å². The van der Waals surface area contributed by atoms with Crippen molar-refractivity contribution in [2.24, 2.45) is 5.92 Å². The molecule has 42 heavy (non-hydrogen) atoms. The Kier molecular flexibility index (Phi) is 9.84. The lowest BCUT2D eigenvalue weighted by Gasteiger charge is -2.32. The molecule has 1 unspecified atom stereocenters. The van der Waals surface area contributed by atoms with Gasteiger partial charge < -0.3 is 14.6 Å². The van der Waals surface area contributed by atoms with Crippen molar-refractivity contribution in [2.45, 2.75) is 52.1 Å². The molecule has 5 rings (SSSR count). The van der Waals surface area contributed by atoms with E-state index in [1.807, 2.05) is 35.2 Å². The van der Waals surface area contributed by atoms with E-state index in [0.717, 1.165) is 66.8 Å². The van der Waals surface area contributed by atoms with E-state index in [4.69, 9.17) is 4.42 Å². The average Bonchev–Trinajstić information content (AvgIpc) is 3.44. The maximum absolute atomic E-state index is 12.4. The SMILES string of the molecule is CCC(C)c1cc(C#N)cc2nc(-c3ccc(C)cc3)oc12.O=CNCC1CCN(c2ccc(C(F)(F)F)cn2)CC1. The van der Waals surface area contributed by atoms with E-state index in [1.54, 1.807) is 6.07 Å². The van der Waals surface area contributed by atoms with Gasteiger partial charge in [0.1, 0.15) is 11.3 Å². The molecule has 0 saturated carbocycles. The van der Waals surface area contributed by atoms with Gasteiger partial charge in [-0.2, -0.15) is 18.4 Å². The van der Waals surface area contributed by atoms with Crippen LogP contribution in [-0.2, 0) is 11.0 Å². The van der Waals surface area contributed by atoms with Crippen molar-refractivity contribution in [1.82, 2.24) is 15.3 Å². The number of carbonyl (C=O) groups excluding carboxylic acids is 1. The van der Waals surface area contributed by atoms with Crippen molar-refractivity contribution >= 4 is 23.3 Å². The molecule has 4 aromatic rings. The van der Waals surface area contributed by atoms with Crippen LogP contribution in [0.15, 0.2) is 59.1 Å². The number of nitrogens with zero attached hydrogens (tertiary/aromatic N) is 4. The number of aromatic nitrogens is 2. The Labute approximate surface area is 243 Å². The number of hydrogen-bond acceptors (Lipinski definition) is 6. The van der Waals surface area contributed by atoms with Crippen LogP contribution in [0.5, 0.6) is 0 Å². The molecule has 1 N–H and O–H groups in total. The van der Waals surface area contributed by atoms with Gasteiger partial charge in [0, 0.05) is 37.0 Å². The minimum Gasteiger partial charge on any atom is -0.436 e. The van der Waals surface area contributed by atoms with E-state index in [2.05, 4.69) is 42.1 Å². The monoisotopic (exact) mass is 577 g/mol.